The van der Waals surface area contributed by atoms with Crippen molar-refractivity contribution in [2.24, 2.45) is 0 Å². The fourth-order valence-electron chi connectivity index (χ4n) is 4.50. The van der Waals surface area contributed by atoms with Gasteiger partial charge in [0.05, 0.1) is 13.2 Å². The van der Waals surface area contributed by atoms with Gasteiger partial charge in [0.1, 0.15) is 0 Å². The lowest BCUT2D eigenvalue weighted by Crippen LogP contribution is -2.31. The average Bonchev–Trinajstić information content (AvgIpc) is 2.90. The summed E-state index contributed by atoms with van der Waals surface area (Å²) in [4.78, 5) is 0. The SMILES string of the molecule is CC=CCCC1OCC(c2ccc(-c3ccc(-c4ccc(CCC)c(F)c4F)cc3)c(F)c2F)CO1. The van der Waals surface area contributed by atoms with Crippen LogP contribution in [-0.4, -0.2) is 19.5 Å². The number of benzene rings is 3. The summed E-state index contributed by atoms with van der Waals surface area (Å²) in [6.07, 6.45) is 6.35. The van der Waals surface area contributed by atoms with E-state index in [0.717, 1.165) is 6.42 Å². The van der Waals surface area contributed by atoms with Gasteiger partial charge >= 0.3 is 0 Å². The third kappa shape index (κ3) is 5.55. The number of hydrogen-bond acceptors (Lipinski definition) is 2. The molecule has 3 aromatic carbocycles. The number of halogens is 4. The zero-order valence-electron chi connectivity index (χ0n) is 20.5. The Bertz CT molecular complexity index is 1210. The van der Waals surface area contributed by atoms with E-state index in [2.05, 4.69) is 0 Å². The Labute approximate surface area is 209 Å². The normalized spacial score (nSPS) is 18.2. The lowest BCUT2D eigenvalue weighted by Gasteiger charge is -2.30. The van der Waals surface area contributed by atoms with Gasteiger partial charge in [-0.1, -0.05) is 74.0 Å². The smallest absolute Gasteiger partial charge is 0.166 e. The number of ether oxygens (including phenoxy) is 2. The highest BCUT2D eigenvalue weighted by molar-refractivity contribution is 5.71. The number of rotatable bonds is 8. The number of aryl methyl sites for hydroxylation is 1. The highest BCUT2D eigenvalue weighted by Crippen LogP contribution is 2.34. The minimum atomic E-state index is -0.961. The second kappa shape index (κ2) is 11.8. The predicted octanol–water partition coefficient (Wildman–Crippen LogP) is 8.34. The first-order valence-electron chi connectivity index (χ1n) is 12.3. The van der Waals surface area contributed by atoms with Crippen LogP contribution in [0.2, 0.25) is 0 Å². The maximum absolute atomic E-state index is 15.1. The van der Waals surface area contributed by atoms with Crippen LogP contribution >= 0.6 is 0 Å². The van der Waals surface area contributed by atoms with E-state index in [-0.39, 0.29) is 36.2 Å². The van der Waals surface area contributed by atoms with Gasteiger partial charge < -0.3 is 9.47 Å². The van der Waals surface area contributed by atoms with Gasteiger partial charge in [-0.3, -0.25) is 0 Å². The van der Waals surface area contributed by atoms with Gasteiger partial charge in [0.2, 0.25) is 0 Å². The highest BCUT2D eigenvalue weighted by Gasteiger charge is 2.27. The molecule has 1 heterocycles. The summed E-state index contributed by atoms with van der Waals surface area (Å²) in [5, 5.41) is 0. The van der Waals surface area contributed by atoms with Crippen LogP contribution in [0.25, 0.3) is 22.3 Å². The molecule has 0 N–H and O–H groups in total. The molecule has 4 rings (SSSR count). The maximum Gasteiger partial charge on any atom is 0.166 e. The minimum Gasteiger partial charge on any atom is -0.352 e. The summed E-state index contributed by atoms with van der Waals surface area (Å²) in [5.41, 5.74) is 1.66. The molecule has 0 bridgehead atoms. The molecule has 0 radical (unpaired) electrons. The van der Waals surface area contributed by atoms with Gasteiger partial charge in [-0.25, -0.2) is 17.6 Å². The molecule has 0 amide bonds. The first kappa shape index (κ1) is 26.1. The van der Waals surface area contributed by atoms with Gasteiger partial charge in [0.15, 0.2) is 29.6 Å². The van der Waals surface area contributed by atoms with Crippen molar-refractivity contribution in [1.82, 2.24) is 0 Å². The topological polar surface area (TPSA) is 18.5 Å². The van der Waals surface area contributed by atoms with Crippen molar-refractivity contribution in [3.8, 4) is 22.3 Å². The van der Waals surface area contributed by atoms with Crippen LogP contribution in [0.15, 0.2) is 60.7 Å². The molecule has 0 aliphatic carbocycles. The molecular weight excluding hydrogens is 468 g/mol. The third-order valence-electron chi connectivity index (χ3n) is 6.51. The molecule has 1 saturated heterocycles. The summed E-state index contributed by atoms with van der Waals surface area (Å²) in [6.45, 7) is 4.35. The fraction of sp³-hybridized carbons (Fsp3) is 0.333. The third-order valence-corrected chi connectivity index (χ3v) is 6.51. The van der Waals surface area contributed by atoms with Gasteiger partial charge in [-0.2, -0.15) is 0 Å². The van der Waals surface area contributed by atoms with Crippen molar-refractivity contribution in [3.05, 3.63) is 95.1 Å². The molecule has 2 nitrogen and oxygen atoms in total. The van der Waals surface area contributed by atoms with Crippen LogP contribution in [-0.2, 0) is 15.9 Å². The molecule has 6 heteroatoms. The molecule has 1 aliphatic heterocycles. The second-order valence-electron chi connectivity index (χ2n) is 9.00. The standard InChI is InChI=1S/C30H30F4O2/c1-3-5-6-8-26-35-17-22(18-36-26)25-16-15-24(29(33)30(25)34)20-11-9-19(10-12-20)23-14-13-21(7-4-2)27(31)28(23)32/h3,5,9-16,22,26H,4,6-8,17-18H2,1-2H3. The van der Waals surface area contributed by atoms with Gasteiger partial charge in [-0.15, -0.1) is 0 Å². The van der Waals surface area contributed by atoms with E-state index in [1.54, 1.807) is 42.5 Å². The maximum atomic E-state index is 15.1. The van der Waals surface area contributed by atoms with E-state index in [0.29, 0.717) is 36.0 Å². The van der Waals surface area contributed by atoms with Crippen molar-refractivity contribution in [1.29, 1.82) is 0 Å². The van der Waals surface area contributed by atoms with Crippen LogP contribution < -0.4 is 0 Å². The first-order valence-corrected chi connectivity index (χ1v) is 12.3. The van der Waals surface area contributed by atoms with Crippen molar-refractivity contribution in [2.75, 3.05) is 13.2 Å². The van der Waals surface area contributed by atoms with Crippen molar-refractivity contribution in [3.63, 3.8) is 0 Å². The summed E-state index contributed by atoms with van der Waals surface area (Å²) < 4.78 is 70.5. The first-order chi connectivity index (χ1) is 17.4. The number of hydrogen-bond donors (Lipinski definition) is 0. The second-order valence-corrected chi connectivity index (χ2v) is 9.00. The molecule has 190 valence electrons. The van der Waals surface area contributed by atoms with Crippen LogP contribution in [0.1, 0.15) is 50.2 Å². The molecule has 0 saturated carbocycles. The summed E-state index contributed by atoms with van der Waals surface area (Å²) in [7, 11) is 0. The lowest BCUT2D eigenvalue weighted by atomic mass is 9.94. The van der Waals surface area contributed by atoms with Crippen molar-refractivity contribution < 1.29 is 27.0 Å². The lowest BCUT2D eigenvalue weighted by molar-refractivity contribution is -0.189. The van der Waals surface area contributed by atoms with E-state index in [1.165, 1.54) is 6.07 Å². The van der Waals surface area contributed by atoms with Gasteiger partial charge in [-0.05, 0) is 42.0 Å². The van der Waals surface area contributed by atoms with Crippen molar-refractivity contribution in [2.45, 2.75) is 51.7 Å². The van der Waals surface area contributed by atoms with Crippen LogP contribution in [0.5, 0.6) is 0 Å². The Balaban J connectivity index is 1.50. The van der Waals surface area contributed by atoms with Crippen LogP contribution in [0.3, 0.4) is 0 Å². The zero-order chi connectivity index (χ0) is 25.7. The van der Waals surface area contributed by atoms with Crippen LogP contribution in [0, 0.1) is 23.3 Å². The molecule has 1 aliphatic rings. The van der Waals surface area contributed by atoms with E-state index >= 15 is 8.78 Å². The molecular formula is C30H30F4O2. The molecule has 1 fully saturated rings. The highest BCUT2D eigenvalue weighted by atomic mass is 19.2. The van der Waals surface area contributed by atoms with Crippen LogP contribution in [0.4, 0.5) is 17.6 Å². The summed E-state index contributed by atoms with van der Waals surface area (Å²) >= 11 is 0. The predicted molar refractivity (Wildman–Crippen MR) is 134 cm³/mol. The monoisotopic (exact) mass is 498 g/mol. The van der Waals surface area contributed by atoms with E-state index < -0.39 is 29.2 Å². The molecule has 0 atom stereocenters. The Kier molecular flexibility index (Phi) is 8.60. The Morgan fingerprint density at radius 1 is 0.778 bits per heavy atom. The van der Waals surface area contributed by atoms with Gasteiger partial charge in [0.25, 0.3) is 0 Å². The van der Waals surface area contributed by atoms with E-state index in [9.17, 15) is 8.78 Å². The van der Waals surface area contributed by atoms with E-state index in [1.807, 2.05) is 26.0 Å². The Hall–Kier alpha value is -2.96. The quantitative estimate of drug-likeness (QED) is 0.230. The fourth-order valence-corrected chi connectivity index (χ4v) is 4.50. The summed E-state index contributed by atoms with van der Waals surface area (Å²) in [6, 6.07) is 12.5. The molecule has 0 aromatic heterocycles. The Morgan fingerprint density at radius 2 is 1.36 bits per heavy atom. The molecule has 0 spiro atoms. The molecule has 3 aromatic rings. The number of allylic oxidation sites excluding steroid dienone is 2. The minimum absolute atomic E-state index is 0.0922. The summed E-state index contributed by atoms with van der Waals surface area (Å²) in [5.74, 6) is -4.04. The van der Waals surface area contributed by atoms with Crippen molar-refractivity contribution >= 4 is 0 Å². The molecule has 36 heavy (non-hydrogen) atoms. The largest absolute Gasteiger partial charge is 0.352 e. The average molecular weight is 499 g/mol. The Morgan fingerprint density at radius 3 is 1.94 bits per heavy atom. The zero-order valence-corrected chi connectivity index (χ0v) is 20.5. The van der Waals surface area contributed by atoms with Gasteiger partial charge in [0, 0.05) is 23.5 Å². The molecule has 0 unspecified atom stereocenters. The van der Waals surface area contributed by atoms with E-state index in [4.69, 9.17) is 9.47 Å².